The second kappa shape index (κ2) is 5.80. The standard InChI is InChI=1S/C10H10ClF3OS/c1-15-8(10(12,13)14)9(11)16-7-5-3-2-4-6-7/h2-6,8-9H,1H3. The summed E-state index contributed by atoms with van der Waals surface area (Å²) in [6, 6.07) is 8.65. The molecule has 0 aliphatic rings. The van der Waals surface area contributed by atoms with Gasteiger partial charge < -0.3 is 4.74 Å². The summed E-state index contributed by atoms with van der Waals surface area (Å²) >= 11 is 6.61. The van der Waals surface area contributed by atoms with Gasteiger partial charge in [-0.25, -0.2) is 0 Å². The Morgan fingerprint density at radius 3 is 2.25 bits per heavy atom. The van der Waals surface area contributed by atoms with Gasteiger partial charge >= 0.3 is 6.18 Å². The third-order valence-electron chi connectivity index (χ3n) is 1.81. The van der Waals surface area contributed by atoms with E-state index < -0.39 is 17.0 Å². The Balaban J connectivity index is 2.67. The summed E-state index contributed by atoms with van der Waals surface area (Å²) in [6.07, 6.45) is -6.43. The molecule has 0 aliphatic heterocycles. The lowest BCUT2D eigenvalue weighted by Crippen LogP contribution is -2.37. The summed E-state index contributed by atoms with van der Waals surface area (Å²) in [7, 11) is 0.999. The summed E-state index contributed by atoms with van der Waals surface area (Å²) in [5.74, 6) is 0. The first kappa shape index (κ1) is 13.7. The van der Waals surface area contributed by atoms with Crippen LogP contribution < -0.4 is 0 Å². The summed E-state index contributed by atoms with van der Waals surface area (Å²) in [5.41, 5.74) is 0. The van der Waals surface area contributed by atoms with Crippen LogP contribution >= 0.6 is 23.4 Å². The van der Waals surface area contributed by atoms with Crippen molar-refractivity contribution in [3.05, 3.63) is 30.3 Å². The fraction of sp³-hybridized carbons (Fsp3) is 0.400. The van der Waals surface area contributed by atoms with E-state index in [4.69, 9.17) is 11.6 Å². The maximum absolute atomic E-state index is 12.5. The van der Waals surface area contributed by atoms with Crippen molar-refractivity contribution in [3.63, 3.8) is 0 Å². The predicted octanol–water partition coefficient (Wildman–Crippen LogP) is 3.92. The lowest BCUT2D eigenvalue weighted by molar-refractivity contribution is -0.207. The van der Waals surface area contributed by atoms with Crippen LogP contribution in [0.4, 0.5) is 13.2 Å². The molecule has 0 heterocycles. The first-order chi connectivity index (χ1) is 7.45. The van der Waals surface area contributed by atoms with E-state index in [1.165, 1.54) is 0 Å². The molecule has 16 heavy (non-hydrogen) atoms. The van der Waals surface area contributed by atoms with Crippen LogP contribution in [0.25, 0.3) is 0 Å². The lowest BCUT2D eigenvalue weighted by Gasteiger charge is -2.22. The minimum absolute atomic E-state index is 0.675. The number of hydrogen-bond donors (Lipinski definition) is 0. The van der Waals surface area contributed by atoms with E-state index in [9.17, 15) is 13.2 Å². The number of hydrogen-bond acceptors (Lipinski definition) is 2. The molecule has 0 aliphatic carbocycles. The minimum atomic E-state index is -4.46. The van der Waals surface area contributed by atoms with Crippen molar-refractivity contribution in [1.82, 2.24) is 0 Å². The van der Waals surface area contributed by atoms with Gasteiger partial charge in [-0.3, -0.25) is 0 Å². The van der Waals surface area contributed by atoms with Crippen LogP contribution in [0.2, 0.25) is 0 Å². The zero-order chi connectivity index (χ0) is 12.2. The Morgan fingerprint density at radius 1 is 1.25 bits per heavy atom. The van der Waals surface area contributed by atoms with Crippen molar-refractivity contribution >= 4 is 23.4 Å². The molecular weight excluding hydrogens is 261 g/mol. The topological polar surface area (TPSA) is 9.23 Å². The highest BCUT2D eigenvalue weighted by Gasteiger charge is 2.45. The van der Waals surface area contributed by atoms with Crippen LogP contribution in [0, 0.1) is 0 Å². The second-order valence-electron chi connectivity index (χ2n) is 2.98. The van der Waals surface area contributed by atoms with Crippen LogP contribution in [-0.2, 0) is 4.74 Å². The summed E-state index contributed by atoms with van der Waals surface area (Å²) in [4.78, 5) is 0.675. The molecule has 1 aromatic carbocycles. The molecule has 0 fully saturated rings. The molecular formula is C10H10ClF3OS. The van der Waals surface area contributed by atoms with Gasteiger partial charge in [0.15, 0.2) is 6.10 Å². The first-order valence-electron chi connectivity index (χ1n) is 4.40. The van der Waals surface area contributed by atoms with Gasteiger partial charge in [0.1, 0.15) is 4.71 Å². The third-order valence-corrected chi connectivity index (χ3v) is 3.32. The Bertz CT molecular complexity index is 318. The highest BCUT2D eigenvalue weighted by molar-refractivity contribution is 8.01. The van der Waals surface area contributed by atoms with Gasteiger partial charge in [0.05, 0.1) is 0 Å². The number of halogens is 4. The van der Waals surface area contributed by atoms with Gasteiger partial charge in [-0.2, -0.15) is 13.2 Å². The second-order valence-corrected chi connectivity index (χ2v) is 4.92. The molecule has 1 rings (SSSR count). The van der Waals surface area contributed by atoms with Crippen molar-refractivity contribution in [1.29, 1.82) is 0 Å². The van der Waals surface area contributed by atoms with Crippen molar-refractivity contribution in [3.8, 4) is 0 Å². The summed E-state index contributed by atoms with van der Waals surface area (Å²) in [5, 5.41) is 0. The molecule has 0 spiro atoms. The van der Waals surface area contributed by atoms with Crippen LogP contribution in [0.5, 0.6) is 0 Å². The van der Waals surface area contributed by atoms with Crippen molar-refractivity contribution in [2.24, 2.45) is 0 Å². The van der Waals surface area contributed by atoms with Gasteiger partial charge in [-0.05, 0) is 12.1 Å². The molecule has 0 amide bonds. The molecule has 1 nitrogen and oxygen atoms in total. The maximum atomic E-state index is 12.5. The smallest absolute Gasteiger partial charge is 0.370 e. The van der Waals surface area contributed by atoms with Crippen molar-refractivity contribution in [2.45, 2.75) is 21.9 Å². The van der Waals surface area contributed by atoms with E-state index in [0.29, 0.717) is 4.90 Å². The monoisotopic (exact) mass is 270 g/mol. The normalized spacial score (nSPS) is 15.8. The summed E-state index contributed by atoms with van der Waals surface area (Å²) < 4.78 is 40.5. The Morgan fingerprint density at radius 2 is 1.81 bits per heavy atom. The average Bonchev–Trinajstić information content (AvgIpc) is 2.17. The molecule has 0 saturated heterocycles. The number of rotatable bonds is 4. The van der Waals surface area contributed by atoms with E-state index in [-0.39, 0.29) is 0 Å². The predicted molar refractivity (Wildman–Crippen MR) is 58.8 cm³/mol. The molecule has 0 saturated carbocycles. The number of alkyl halides is 4. The molecule has 90 valence electrons. The zero-order valence-corrected chi connectivity index (χ0v) is 9.94. The van der Waals surface area contributed by atoms with Gasteiger partial charge in [-0.1, -0.05) is 18.2 Å². The van der Waals surface area contributed by atoms with Crippen LogP contribution in [0.15, 0.2) is 35.2 Å². The molecule has 0 radical (unpaired) electrons. The lowest BCUT2D eigenvalue weighted by atomic mass is 10.4. The SMILES string of the molecule is COC(C(Cl)Sc1ccccc1)C(F)(F)F. The van der Waals surface area contributed by atoms with E-state index in [1.54, 1.807) is 30.3 Å². The highest BCUT2D eigenvalue weighted by Crippen LogP contribution is 2.36. The van der Waals surface area contributed by atoms with Crippen molar-refractivity contribution < 1.29 is 17.9 Å². The molecule has 0 N–H and O–H groups in total. The third kappa shape index (κ3) is 3.88. The average molecular weight is 271 g/mol. The van der Waals surface area contributed by atoms with Crippen LogP contribution in [-0.4, -0.2) is 24.1 Å². The largest absolute Gasteiger partial charge is 0.416 e. The Kier molecular flexibility index (Phi) is 4.95. The Labute approximate surface area is 101 Å². The number of thioether (sulfide) groups is 1. The summed E-state index contributed by atoms with van der Waals surface area (Å²) in [6.45, 7) is 0. The van der Waals surface area contributed by atoms with Crippen LogP contribution in [0.1, 0.15) is 0 Å². The fourth-order valence-electron chi connectivity index (χ4n) is 1.08. The minimum Gasteiger partial charge on any atom is -0.370 e. The fourth-order valence-corrected chi connectivity index (χ4v) is 2.60. The number of ether oxygens (including phenoxy) is 1. The Hall–Kier alpha value is -0.390. The molecule has 0 bridgehead atoms. The van der Waals surface area contributed by atoms with E-state index in [0.717, 1.165) is 18.9 Å². The van der Waals surface area contributed by atoms with E-state index >= 15 is 0 Å². The molecule has 0 aromatic heterocycles. The number of methoxy groups -OCH3 is 1. The zero-order valence-electron chi connectivity index (χ0n) is 8.37. The maximum Gasteiger partial charge on any atom is 0.416 e. The van der Waals surface area contributed by atoms with Crippen molar-refractivity contribution in [2.75, 3.05) is 7.11 Å². The molecule has 2 unspecified atom stereocenters. The highest BCUT2D eigenvalue weighted by atomic mass is 35.5. The van der Waals surface area contributed by atoms with Gasteiger partial charge in [0.2, 0.25) is 0 Å². The quantitative estimate of drug-likeness (QED) is 0.606. The van der Waals surface area contributed by atoms with Gasteiger partial charge in [0.25, 0.3) is 0 Å². The first-order valence-corrected chi connectivity index (χ1v) is 5.72. The van der Waals surface area contributed by atoms with Gasteiger partial charge in [-0.15, -0.1) is 23.4 Å². The molecule has 1 aromatic rings. The van der Waals surface area contributed by atoms with Crippen LogP contribution in [0.3, 0.4) is 0 Å². The molecule has 6 heteroatoms. The van der Waals surface area contributed by atoms with E-state index in [2.05, 4.69) is 4.74 Å². The van der Waals surface area contributed by atoms with Gasteiger partial charge in [0, 0.05) is 12.0 Å². The molecule has 2 atom stereocenters. The van der Waals surface area contributed by atoms with E-state index in [1.807, 2.05) is 0 Å². The number of benzene rings is 1.